The lowest BCUT2D eigenvalue weighted by Gasteiger charge is -2.28. The summed E-state index contributed by atoms with van der Waals surface area (Å²) in [7, 11) is -3.25. The smallest absolute Gasteiger partial charge is 0.334 e. The summed E-state index contributed by atoms with van der Waals surface area (Å²) >= 11 is 0. The van der Waals surface area contributed by atoms with Crippen molar-refractivity contribution in [1.82, 2.24) is 10.6 Å². The Balaban J connectivity index is 2.02. The van der Waals surface area contributed by atoms with Crippen LogP contribution in [0.15, 0.2) is 24.3 Å². The molecule has 1 aliphatic heterocycles. The average Bonchev–Trinajstić information content (AvgIpc) is 2.49. The average molecular weight is 378 g/mol. The lowest BCUT2D eigenvalue weighted by atomic mass is 10.0. The molecule has 0 saturated carbocycles. The van der Waals surface area contributed by atoms with Crippen LogP contribution in [0.1, 0.15) is 43.9 Å². The number of benzene rings is 1. The number of halogens is 3. The van der Waals surface area contributed by atoms with E-state index < -0.39 is 44.9 Å². The molecule has 9 heteroatoms. The molecular weight excluding hydrogens is 357 g/mol. The van der Waals surface area contributed by atoms with Gasteiger partial charge in [0.05, 0.1) is 22.6 Å². The molecule has 0 aromatic heterocycles. The van der Waals surface area contributed by atoms with Crippen molar-refractivity contribution < 1.29 is 26.4 Å². The molecule has 0 bridgehead atoms. The summed E-state index contributed by atoms with van der Waals surface area (Å²) in [5, 5.41) is 4.55. The SMILES string of the molecule is CC(NC(=O)NC1CCC(C)S(=O)(=O)C1)c1ccccc1C(F)(F)F. The minimum Gasteiger partial charge on any atom is -0.334 e. The van der Waals surface area contributed by atoms with Gasteiger partial charge in [-0.15, -0.1) is 0 Å². The highest BCUT2D eigenvalue weighted by Crippen LogP contribution is 2.34. The Bertz CT molecular complexity index is 734. The monoisotopic (exact) mass is 378 g/mol. The highest BCUT2D eigenvalue weighted by Gasteiger charge is 2.35. The van der Waals surface area contributed by atoms with E-state index >= 15 is 0 Å². The minimum atomic E-state index is -4.52. The fourth-order valence-corrected chi connectivity index (χ4v) is 4.53. The number of sulfone groups is 1. The van der Waals surface area contributed by atoms with Crippen molar-refractivity contribution in [3.63, 3.8) is 0 Å². The van der Waals surface area contributed by atoms with Crippen molar-refractivity contribution in [1.29, 1.82) is 0 Å². The van der Waals surface area contributed by atoms with Gasteiger partial charge in [0.25, 0.3) is 0 Å². The minimum absolute atomic E-state index is 0.0463. The van der Waals surface area contributed by atoms with E-state index in [1.54, 1.807) is 6.92 Å². The summed E-state index contributed by atoms with van der Waals surface area (Å²) in [6.07, 6.45) is -3.56. The fourth-order valence-electron chi connectivity index (χ4n) is 2.89. The Hall–Kier alpha value is -1.77. The van der Waals surface area contributed by atoms with Crippen molar-refractivity contribution >= 4 is 15.9 Å². The molecule has 140 valence electrons. The van der Waals surface area contributed by atoms with Gasteiger partial charge in [-0.1, -0.05) is 18.2 Å². The van der Waals surface area contributed by atoms with Crippen LogP contribution in [0.5, 0.6) is 0 Å². The molecule has 5 nitrogen and oxygen atoms in total. The van der Waals surface area contributed by atoms with Crippen molar-refractivity contribution in [3.8, 4) is 0 Å². The molecule has 1 aromatic carbocycles. The van der Waals surface area contributed by atoms with Gasteiger partial charge in [0.1, 0.15) is 0 Å². The normalized spacial score (nSPS) is 24.4. The Morgan fingerprint density at radius 3 is 2.48 bits per heavy atom. The summed E-state index contributed by atoms with van der Waals surface area (Å²) < 4.78 is 62.9. The van der Waals surface area contributed by atoms with Gasteiger partial charge in [-0.25, -0.2) is 13.2 Å². The van der Waals surface area contributed by atoms with Crippen LogP contribution < -0.4 is 10.6 Å². The number of rotatable bonds is 3. The van der Waals surface area contributed by atoms with Crippen LogP contribution in [0.2, 0.25) is 0 Å². The lowest BCUT2D eigenvalue weighted by molar-refractivity contribution is -0.138. The van der Waals surface area contributed by atoms with Gasteiger partial charge >= 0.3 is 12.2 Å². The largest absolute Gasteiger partial charge is 0.416 e. The first kappa shape index (κ1) is 19.6. The maximum absolute atomic E-state index is 13.0. The summed E-state index contributed by atoms with van der Waals surface area (Å²) in [4.78, 5) is 12.1. The van der Waals surface area contributed by atoms with E-state index in [0.717, 1.165) is 6.07 Å². The van der Waals surface area contributed by atoms with Crippen molar-refractivity contribution in [3.05, 3.63) is 35.4 Å². The maximum Gasteiger partial charge on any atom is 0.416 e. The zero-order chi connectivity index (χ0) is 18.8. The van der Waals surface area contributed by atoms with Gasteiger partial charge in [-0.05, 0) is 38.3 Å². The molecule has 1 saturated heterocycles. The number of alkyl halides is 3. The van der Waals surface area contributed by atoms with E-state index in [4.69, 9.17) is 0 Å². The quantitative estimate of drug-likeness (QED) is 0.849. The van der Waals surface area contributed by atoms with Crippen LogP contribution in [0, 0.1) is 0 Å². The highest BCUT2D eigenvalue weighted by atomic mass is 32.2. The van der Waals surface area contributed by atoms with E-state index in [2.05, 4.69) is 10.6 Å². The molecule has 3 unspecified atom stereocenters. The molecule has 1 aromatic rings. The third-order valence-corrected chi connectivity index (χ3v) is 6.71. The molecule has 1 aliphatic rings. The predicted octanol–water partition coefficient (Wildman–Crippen LogP) is 3.03. The van der Waals surface area contributed by atoms with Gasteiger partial charge < -0.3 is 10.6 Å². The van der Waals surface area contributed by atoms with E-state index in [1.807, 2.05) is 0 Å². The van der Waals surface area contributed by atoms with E-state index in [-0.39, 0.29) is 11.3 Å². The number of carbonyl (C=O) groups is 1. The zero-order valence-corrected chi connectivity index (χ0v) is 14.7. The summed E-state index contributed by atoms with van der Waals surface area (Å²) in [5.41, 5.74) is -0.855. The molecule has 25 heavy (non-hydrogen) atoms. The van der Waals surface area contributed by atoms with Crippen LogP contribution in [-0.2, 0) is 16.0 Å². The third-order valence-electron chi connectivity index (χ3n) is 4.38. The fraction of sp³-hybridized carbons (Fsp3) is 0.562. The molecule has 0 radical (unpaired) electrons. The molecule has 2 N–H and O–H groups in total. The van der Waals surface area contributed by atoms with Crippen LogP contribution in [0.4, 0.5) is 18.0 Å². The second-order valence-electron chi connectivity index (χ2n) is 6.34. The summed E-state index contributed by atoms with van der Waals surface area (Å²) in [6.45, 7) is 3.08. The molecule has 0 aliphatic carbocycles. The second kappa shape index (κ2) is 7.23. The Morgan fingerprint density at radius 1 is 1.24 bits per heavy atom. The molecule has 3 atom stereocenters. The Morgan fingerprint density at radius 2 is 1.88 bits per heavy atom. The molecule has 2 amide bonds. The Kier molecular flexibility index (Phi) is 5.65. The number of carbonyl (C=O) groups excluding carboxylic acids is 1. The van der Waals surface area contributed by atoms with Crippen LogP contribution >= 0.6 is 0 Å². The standard InChI is InChI=1S/C16H21F3N2O3S/c1-10-7-8-12(9-25(10,23)24)21-15(22)20-11(2)13-5-3-4-6-14(13)16(17,18)19/h3-6,10-12H,7-9H2,1-2H3,(H2,20,21,22). The van der Waals surface area contributed by atoms with E-state index in [1.165, 1.54) is 25.1 Å². The van der Waals surface area contributed by atoms with Crippen LogP contribution in [0.25, 0.3) is 0 Å². The zero-order valence-electron chi connectivity index (χ0n) is 13.9. The summed E-state index contributed by atoms with van der Waals surface area (Å²) in [6, 6.07) is 2.92. The lowest BCUT2D eigenvalue weighted by Crippen LogP contribution is -2.49. The number of hydrogen-bond donors (Lipinski definition) is 2. The van der Waals surface area contributed by atoms with Crippen molar-refractivity contribution in [2.75, 3.05) is 5.75 Å². The summed E-state index contributed by atoms with van der Waals surface area (Å²) in [5.74, 6) is -0.158. The van der Waals surface area contributed by atoms with Crippen molar-refractivity contribution in [2.24, 2.45) is 0 Å². The maximum atomic E-state index is 13.0. The number of urea groups is 1. The molecule has 2 rings (SSSR count). The van der Waals surface area contributed by atoms with Gasteiger partial charge in [0.2, 0.25) is 0 Å². The van der Waals surface area contributed by atoms with Gasteiger partial charge in [0.15, 0.2) is 9.84 Å². The first-order valence-electron chi connectivity index (χ1n) is 7.95. The third kappa shape index (κ3) is 4.87. The number of amides is 2. The number of nitrogens with one attached hydrogen (secondary N) is 2. The molecule has 1 fully saturated rings. The van der Waals surface area contributed by atoms with Crippen LogP contribution in [-0.4, -0.2) is 31.5 Å². The number of hydrogen-bond acceptors (Lipinski definition) is 3. The first-order valence-corrected chi connectivity index (χ1v) is 9.67. The van der Waals surface area contributed by atoms with E-state index in [0.29, 0.717) is 12.8 Å². The second-order valence-corrected chi connectivity index (χ2v) is 8.80. The highest BCUT2D eigenvalue weighted by molar-refractivity contribution is 7.92. The first-order chi connectivity index (χ1) is 11.5. The van der Waals surface area contributed by atoms with E-state index in [9.17, 15) is 26.4 Å². The molecule has 1 heterocycles. The van der Waals surface area contributed by atoms with Crippen LogP contribution in [0.3, 0.4) is 0 Å². The van der Waals surface area contributed by atoms with Crippen molar-refractivity contribution in [2.45, 2.75) is 50.2 Å². The van der Waals surface area contributed by atoms with Gasteiger partial charge in [-0.3, -0.25) is 0 Å². The Labute approximate surface area is 144 Å². The van der Waals surface area contributed by atoms with Gasteiger partial charge in [0, 0.05) is 6.04 Å². The molecular formula is C16H21F3N2O3S. The van der Waals surface area contributed by atoms with Gasteiger partial charge in [-0.2, -0.15) is 13.2 Å². The molecule has 0 spiro atoms. The topological polar surface area (TPSA) is 75.3 Å². The predicted molar refractivity (Wildman–Crippen MR) is 87.8 cm³/mol.